The van der Waals surface area contributed by atoms with Crippen LogP contribution in [-0.2, 0) is 14.3 Å². The lowest BCUT2D eigenvalue weighted by atomic mass is 9.94. The minimum absolute atomic E-state index is 0.0559. The Morgan fingerprint density at radius 2 is 1.88 bits per heavy atom. The monoisotopic (exact) mass is 517 g/mol. The number of hydrogen-bond donors (Lipinski definition) is 2. The van der Waals surface area contributed by atoms with E-state index in [4.69, 9.17) is 14.2 Å². The Labute approximate surface area is 199 Å². The van der Waals surface area contributed by atoms with Gasteiger partial charge in [0.2, 0.25) is 0 Å². The van der Waals surface area contributed by atoms with Gasteiger partial charge in [-0.3, -0.25) is 9.59 Å². The number of phenolic OH excluding ortho intramolecular Hbond substituents is 1. The Hall–Kier alpha value is -3.04. The molecule has 0 aromatic heterocycles. The van der Waals surface area contributed by atoms with Crippen molar-refractivity contribution in [1.82, 2.24) is 4.90 Å². The van der Waals surface area contributed by atoms with E-state index in [0.29, 0.717) is 28.0 Å². The number of aliphatic hydroxyl groups is 1. The van der Waals surface area contributed by atoms with Crippen molar-refractivity contribution in [2.45, 2.75) is 25.0 Å². The molecule has 8 nitrogen and oxygen atoms in total. The molecule has 2 aliphatic rings. The molecular weight excluding hydrogens is 494 g/mol. The molecule has 174 valence electrons. The van der Waals surface area contributed by atoms with Gasteiger partial charge in [-0.15, -0.1) is 0 Å². The van der Waals surface area contributed by atoms with Gasteiger partial charge >= 0.3 is 0 Å². The molecule has 2 fully saturated rings. The molecule has 0 radical (unpaired) electrons. The molecule has 0 spiro atoms. The number of aromatic hydroxyl groups is 1. The number of carbonyl (C=O) groups excluding carboxylic acids is 2. The third-order valence-corrected chi connectivity index (χ3v) is 6.53. The largest absolute Gasteiger partial charge is 0.507 e. The molecule has 2 atom stereocenters. The number of ketones is 1. The molecule has 2 unspecified atom stereocenters. The average Bonchev–Trinajstić information content (AvgIpc) is 3.41. The predicted molar refractivity (Wildman–Crippen MR) is 123 cm³/mol. The Bertz CT molecular complexity index is 1120. The molecule has 2 aliphatic heterocycles. The predicted octanol–water partition coefficient (Wildman–Crippen LogP) is 3.77. The number of aliphatic hydroxyl groups excluding tert-OH is 1. The summed E-state index contributed by atoms with van der Waals surface area (Å²) in [6.07, 6.45) is 1.45. The lowest BCUT2D eigenvalue weighted by Crippen LogP contribution is -2.36. The number of phenols is 1. The molecule has 0 bridgehead atoms. The summed E-state index contributed by atoms with van der Waals surface area (Å²) in [5.74, 6) is -1.15. The van der Waals surface area contributed by atoms with Crippen LogP contribution in [0.25, 0.3) is 5.76 Å². The molecule has 1 amide bonds. The number of carbonyl (C=O) groups is 2. The first-order valence-electron chi connectivity index (χ1n) is 10.5. The number of nitrogens with zero attached hydrogens (tertiary/aromatic N) is 1. The number of amides is 1. The Kier molecular flexibility index (Phi) is 6.62. The van der Waals surface area contributed by atoms with E-state index in [0.717, 1.165) is 12.8 Å². The van der Waals surface area contributed by atoms with Crippen molar-refractivity contribution in [3.63, 3.8) is 0 Å². The number of Topliss-reactive ketones (excluding diaryl/α,β-unsaturated/α-hetero) is 1. The van der Waals surface area contributed by atoms with Crippen molar-refractivity contribution in [2.75, 3.05) is 27.4 Å². The maximum atomic E-state index is 13.1. The van der Waals surface area contributed by atoms with Crippen LogP contribution in [0.5, 0.6) is 17.2 Å². The number of halogens is 1. The topological polar surface area (TPSA) is 106 Å². The molecule has 0 aliphatic carbocycles. The van der Waals surface area contributed by atoms with E-state index < -0.39 is 17.7 Å². The summed E-state index contributed by atoms with van der Waals surface area (Å²) in [5.41, 5.74) is 0.764. The normalized spacial score (nSPS) is 22.1. The van der Waals surface area contributed by atoms with Crippen molar-refractivity contribution < 1.29 is 34.0 Å². The minimum atomic E-state index is -0.896. The fourth-order valence-electron chi connectivity index (χ4n) is 4.27. The zero-order valence-corrected chi connectivity index (χ0v) is 19.8. The van der Waals surface area contributed by atoms with Crippen LogP contribution in [0.2, 0.25) is 0 Å². The molecular formula is C24H24BrNO7. The molecule has 9 heteroatoms. The standard InChI is InChI=1S/C24H24BrNO7/c1-31-18-7-6-14(10-16(18)25)22(28)20-21(13-5-8-19(32-2)17(27)11-13)26(24(30)23(20)29)12-15-4-3-9-33-15/h5-8,10-11,15,21,27-28H,3-4,9,12H2,1-2H3/b22-20-. The van der Waals surface area contributed by atoms with Crippen molar-refractivity contribution in [2.24, 2.45) is 0 Å². The van der Waals surface area contributed by atoms with Gasteiger partial charge in [-0.1, -0.05) is 6.07 Å². The van der Waals surface area contributed by atoms with Gasteiger partial charge in [-0.25, -0.2) is 0 Å². The molecule has 2 N–H and O–H groups in total. The quantitative estimate of drug-likeness (QED) is 0.341. The smallest absolute Gasteiger partial charge is 0.295 e. The van der Waals surface area contributed by atoms with Crippen molar-refractivity contribution in [3.8, 4) is 17.2 Å². The second kappa shape index (κ2) is 9.44. The molecule has 2 aromatic rings. The highest BCUT2D eigenvalue weighted by molar-refractivity contribution is 9.10. The van der Waals surface area contributed by atoms with Gasteiger partial charge < -0.3 is 29.3 Å². The first-order valence-corrected chi connectivity index (χ1v) is 11.3. The Morgan fingerprint density at radius 3 is 2.48 bits per heavy atom. The number of ether oxygens (including phenoxy) is 3. The summed E-state index contributed by atoms with van der Waals surface area (Å²) in [6, 6.07) is 8.63. The SMILES string of the molecule is COc1ccc(C2/C(=C(/O)c3ccc(OC)c(Br)c3)C(=O)C(=O)N2CC2CCCO2)cc1O. The van der Waals surface area contributed by atoms with Crippen LogP contribution in [0.3, 0.4) is 0 Å². The van der Waals surface area contributed by atoms with E-state index >= 15 is 0 Å². The van der Waals surface area contributed by atoms with E-state index in [1.165, 1.54) is 25.2 Å². The highest BCUT2D eigenvalue weighted by Gasteiger charge is 2.47. The molecule has 33 heavy (non-hydrogen) atoms. The van der Waals surface area contributed by atoms with Crippen molar-refractivity contribution in [1.29, 1.82) is 0 Å². The summed E-state index contributed by atoms with van der Waals surface area (Å²) in [6.45, 7) is 0.799. The van der Waals surface area contributed by atoms with Gasteiger partial charge in [0.05, 0.1) is 36.4 Å². The molecule has 0 saturated carbocycles. The first kappa shape index (κ1) is 23.1. The van der Waals surface area contributed by atoms with Crippen molar-refractivity contribution in [3.05, 3.63) is 57.6 Å². The molecule has 4 rings (SSSR count). The third-order valence-electron chi connectivity index (χ3n) is 5.91. The van der Waals surface area contributed by atoms with Gasteiger partial charge in [-0.05, 0) is 64.7 Å². The van der Waals surface area contributed by atoms with Gasteiger partial charge in [0.1, 0.15) is 11.5 Å². The van der Waals surface area contributed by atoms with E-state index in [2.05, 4.69) is 15.9 Å². The average molecular weight is 518 g/mol. The van der Waals surface area contributed by atoms with E-state index in [9.17, 15) is 19.8 Å². The van der Waals surface area contributed by atoms with Crippen LogP contribution in [-0.4, -0.2) is 60.3 Å². The van der Waals surface area contributed by atoms with Crippen LogP contribution in [0, 0.1) is 0 Å². The molecule has 2 saturated heterocycles. The fraction of sp³-hybridized carbons (Fsp3) is 0.333. The van der Waals surface area contributed by atoms with E-state index in [1.54, 1.807) is 30.3 Å². The maximum Gasteiger partial charge on any atom is 0.295 e. The number of likely N-dealkylation sites (tertiary alicyclic amines) is 1. The number of methoxy groups -OCH3 is 2. The van der Waals surface area contributed by atoms with Crippen LogP contribution < -0.4 is 9.47 Å². The minimum Gasteiger partial charge on any atom is -0.507 e. The van der Waals surface area contributed by atoms with Gasteiger partial charge in [-0.2, -0.15) is 0 Å². The second-order valence-corrected chi connectivity index (χ2v) is 8.72. The second-order valence-electron chi connectivity index (χ2n) is 7.87. The molecule has 2 heterocycles. The maximum absolute atomic E-state index is 13.1. The van der Waals surface area contributed by atoms with E-state index in [1.807, 2.05) is 0 Å². The lowest BCUT2D eigenvalue weighted by Gasteiger charge is -2.27. The Morgan fingerprint density at radius 1 is 1.15 bits per heavy atom. The van der Waals surface area contributed by atoms with Crippen LogP contribution in [0.15, 0.2) is 46.4 Å². The van der Waals surface area contributed by atoms with Crippen LogP contribution in [0.1, 0.15) is 30.0 Å². The lowest BCUT2D eigenvalue weighted by molar-refractivity contribution is -0.140. The van der Waals surface area contributed by atoms with Crippen LogP contribution in [0.4, 0.5) is 0 Å². The van der Waals surface area contributed by atoms with Crippen LogP contribution >= 0.6 is 15.9 Å². The number of rotatable bonds is 6. The fourth-order valence-corrected chi connectivity index (χ4v) is 4.81. The Balaban J connectivity index is 1.84. The third kappa shape index (κ3) is 4.30. The first-order chi connectivity index (χ1) is 15.8. The zero-order chi connectivity index (χ0) is 23.7. The number of benzene rings is 2. The summed E-state index contributed by atoms with van der Waals surface area (Å²) < 4.78 is 16.6. The zero-order valence-electron chi connectivity index (χ0n) is 18.2. The number of hydrogen-bond acceptors (Lipinski definition) is 7. The van der Waals surface area contributed by atoms with Gasteiger partial charge in [0, 0.05) is 18.7 Å². The summed E-state index contributed by atoms with van der Waals surface area (Å²) >= 11 is 3.38. The summed E-state index contributed by atoms with van der Waals surface area (Å²) in [4.78, 5) is 27.6. The highest BCUT2D eigenvalue weighted by Crippen LogP contribution is 2.42. The summed E-state index contributed by atoms with van der Waals surface area (Å²) in [5, 5.41) is 21.5. The van der Waals surface area contributed by atoms with Gasteiger partial charge in [0.25, 0.3) is 11.7 Å². The van der Waals surface area contributed by atoms with Gasteiger partial charge in [0.15, 0.2) is 11.5 Å². The van der Waals surface area contributed by atoms with E-state index in [-0.39, 0.29) is 35.5 Å². The summed E-state index contributed by atoms with van der Waals surface area (Å²) in [7, 11) is 2.95. The molecule has 2 aromatic carbocycles. The van der Waals surface area contributed by atoms with Crippen molar-refractivity contribution >= 4 is 33.4 Å². The highest BCUT2D eigenvalue weighted by atomic mass is 79.9.